The first-order valence-electron chi connectivity index (χ1n) is 5.97. The minimum absolute atomic E-state index is 0.550. The van der Waals surface area contributed by atoms with Gasteiger partial charge in [-0.1, -0.05) is 53.5 Å². The van der Waals surface area contributed by atoms with E-state index in [-0.39, 0.29) is 0 Å². The van der Waals surface area contributed by atoms with E-state index in [1.165, 1.54) is 5.56 Å². The third-order valence-electron chi connectivity index (χ3n) is 2.84. The third kappa shape index (κ3) is 4.39. The quantitative estimate of drug-likeness (QED) is 0.764. The average molecular weight is 315 g/mol. The molecule has 2 rings (SSSR count). The molecule has 0 fully saturated rings. The van der Waals surface area contributed by atoms with E-state index in [1.807, 2.05) is 24.3 Å². The Balaban J connectivity index is 1.88. The van der Waals surface area contributed by atoms with Gasteiger partial charge in [0.25, 0.3) is 0 Å². The molecule has 4 heteroatoms. The molecular weight excluding hydrogens is 301 g/mol. The van der Waals surface area contributed by atoms with E-state index in [0.717, 1.165) is 17.7 Å². The summed E-state index contributed by atoms with van der Waals surface area (Å²) in [7, 11) is 0. The second-order valence-corrected chi connectivity index (χ2v) is 5.40. The molecule has 2 aromatic rings. The Morgan fingerprint density at radius 1 is 0.842 bits per heavy atom. The molecule has 0 spiro atoms. The molecule has 0 bridgehead atoms. The summed E-state index contributed by atoms with van der Waals surface area (Å²) in [4.78, 5) is 0. The highest BCUT2D eigenvalue weighted by molar-refractivity contribution is 6.35. The van der Waals surface area contributed by atoms with Crippen LogP contribution in [0.3, 0.4) is 0 Å². The van der Waals surface area contributed by atoms with Crippen LogP contribution in [0, 0.1) is 0 Å². The molecule has 0 saturated heterocycles. The van der Waals surface area contributed by atoms with Crippen LogP contribution in [-0.4, -0.2) is 0 Å². The van der Waals surface area contributed by atoms with Gasteiger partial charge in [-0.3, -0.25) is 0 Å². The van der Waals surface area contributed by atoms with Crippen LogP contribution in [0.1, 0.15) is 16.7 Å². The molecule has 0 atom stereocenters. The zero-order chi connectivity index (χ0) is 13.7. The minimum atomic E-state index is 0.550. The van der Waals surface area contributed by atoms with E-state index in [1.54, 1.807) is 6.07 Å². The normalized spacial score (nSPS) is 10.7. The fraction of sp³-hybridized carbons (Fsp3) is 0.200. The topological polar surface area (TPSA) is 12.0 Å². The van der Waals surface area contributed by atoms with Crippen molar-refractivity contribution in [3.8, 4) is 0 Å². The fourth-order valence-corrected chi connectivity index (χ4v) is 2.41. The second kappa shape index (κ2) is 7.16. The minimum Gasteiger partial charge on any atom is -0.309 e. The first-order chi connectivity index (χ1) is 9.19. The molecule has 0 aliphatic heterocycles. The van der Waals surface area contributed by atoms with Gasteiger partial charge >= 0.3 is 0 Å². The number of rotatable bonds is 5. The molecule has 19 heavy (non-hydrogen) atoms. The van der Waals surface area contributed by atoms with Gasteiger partial charge in [-0.05, 0) is 28.8 Å². The molecule has 2 aromatic carbocycles. The zero-order valence-corrected chi connectivity index (χ0v) is 12.6. The lowest BCUT2D eigenvalue weighted by Gasteiger charge is -2.07. The monoisotopic (exact) mass is 313 g/mol. The predicted octanol–water partition coefficient (Wildman–Crippen LogP) is 5.02. The van der Waals surface area contributed by atoms with Crippen molar-refractivity contribution in [2.45, 2.75) is 19.0 Å². The Kier molecular flexibility index (Phi) is 5.53. The Morgan fingerprint density at radius 3 is 2.16 bits per heavy atom. The lowest BCUT2D eigenvalue weighted by atomic mass is 10.1. The van der Waals surface area contributed by atoms with Crippen LogP contribution in [0.25, 0.3) is 0 Å². The van der Waals surface area contributed by atoms with E-state index < -0.39 is 0 Å². The van der Waals surface area contributed by atoms with Crippen molar-refractivity contribution in [1.82, 2.24) is 5.32 Å². The predicted molar refractivity (Wildman–Crippen MR) is 83.0 cm³/mol. The van der Waals surface area contributed by atoms with Crippen molar-refractivity contribution in [2.24, 2.45) is 0 Å². The molecule has 0 radical (unpaired) electrons. The van der Waals surface area contributed by atoms with Gasteiger partial charge in [-0.25, -0.2) is 0 Å². The number of nitrogens with one attached hydrogen (secondary N) is 1. The van der Waals surface area contributed by atoms with Gasteiger partial charge in [-0.2, -0.15) is 0 Å². The lowest BCUT2D eigenvalue weighted by Crippen LogP contribution is -2.12. The summed E-state index contributed by atoms with van der Waals surface area (Å²) >= 11 is 17.7. The SMILES string of the molecule is ClCc1ccc(CNCc2ccc(Cl)cc2Cl)cc1. The van der Waals surface area contributed by atoms with Crippen molar-refractivity contribution in [3.63, 3.8) is 0 Å². The van der Waals surface area contributed by atoms with Crippen LogP contribution in [0.2, 0.25) is 10.0 Å². The lowest BCUT2D eigenvalue weighted by molar-refractivity contribution is 0.693. The Hall–Kier alpha value is -0.730. The van der Waals surface area contributed by atoms with E-state index >= 15 is 0 Å². The third-order valence-corrected chi connectivity index (χ3v) is 3.73. The first-order valence-corrected chi connectivity index (χ1v) is 7.26. The molecule has 0 aromatic heterocycles. The molecule has 0 unspecified atom stereocenters. The fourth-order valence-electron chi connectivity index (χ4n) is 1.75. The summed E-state index contributed by atoms with van der Waals surface area (Å²) < 4.78 is 0. The number of alkyl halides is 1. The number of hydrogen-bond acceptors (Lipinski definition) is 1. The van der Waals surface area contributed by atoms with Gasteiger partial charge in [0.2, 0.25) is 0 Å². The van der Waals surface area contributed by atoms with Gasteiger partial charge in [0, 0.05) is 29.0 Å². The van der Waals surface area contributed by atoms with E-state index in [9.17, 15) is 0 Å². The van der Waals surface area contributed by atoms with Gasteiger partial charge in [0.1, 0.15) is 0 Å². The molecular formula is C15H14Cl3N. The van der Waals surface area contributed by atoms with Gasteiger partial charge < -0.3 is 5.32 Å². The molecule has 0 amide bonds. The van der Waals surface area contributed by atoms with Crippen LogP contribution in [0.4, 0.5) is 0 Å². The summed E-state index contributed by atoms with van der Waals surface area (Å²) in [6, 6.07) is 13.8. The number of halogens is 3. The van der Waals surface area contributed by atoms with E-state index in [4.69, 9.17) is 34.8 Å². The number of hydrogen-bond donors (Lipinski definition) is 1. The maximum atomic E-state index is 6.11. The largest absolute Gasteiger partial charge is 0.309 e. The number of benzene rings is 2. The van der Waals surface area contributed by atoms with Crippen LogP contribution < -0.4 is 5.32 Å². The molecule has 100 valence electrons. The Bertz CT molecular complexity index is 538. The molecule has 0 heterocycles. The van der Waals surface area contributed by atoms with Gasteiger partial charge in [0.05, 0.1) is 0 Å². The van der Waals surface area contributed by atoms with Crippen LogP contribution in [0.15, 0.2) is 42.5 Å². The molecule has 1 nitrogen and oxygen atoms in total. The Labute approximate surface area is 128 Å². The first kappa shape index (κ1) is 14.7. The smallest absolute Gasteiger partial charge is 0.0474 e. The van der Waals surface area contributed by atoms with Crippen molar-refractivity contribution in [3.05, 3.63) is 69.2 Å². The second-order valence-electron chi connectivity index (χ2n) is 4.29. The highest BCUT2D eigenvalue weighted by atomic mass is 35.5. The molecule has 1 N–H and O–H groups in total. The molecule has 0 aliphatic rings. The molecule has 0 aliphatic carbocycles. The van der Waals surface area contributed by atoms with Gasteiger partial charge in [-0.15, -0.1) is 11.6 Å². The van der Waals surface area contributed by atoms with Crippen molar-refractivity contribution in [2.75, 3.05) is 0 Å². The van der Waals surface area contributed by atoms with Gasteiger partial charge in [0.15, 0.2) is 0 Å². The van der Waals surface area contributed by atoms with Crippen molar-refractivity contribution in [1.29, 1.82) is 0 Å². The Morgan fingerprint density at radius 2 is 1.53 bits per heavy atom. The summed E-state index contributed by atoms with van der Waals surface area (Å²) in [5.74, 6) is 0.550. The van der Waals surface area contributed by atoms with E-state index in [2.05, 4.69) is 17.4 Å². The summed E-state index contributed by atoms with van der Waals surface area (Å²) in [5, 5.41) is 4.71. The maximum Gasteiger partial charge on any atom is 0.0474 e. The van der Waals surface area contributed by atoms with Crippen molar-refractivity contribution >= 4 is 34.8 Å². The highest BCUT2D eigenvalue weighted by Crippen LogP contribution is 2.20. The average Bonchev–Trinajstić information content (AvgIpc) is 2.42. The van der Waals surface area contributed by atoms with E-state index in [0.29, 0.717) is 22.5 Å². The van der Waals surface area contributed by atoms with Crippen LogP contribution in [-0.2, 0) is 19.0 Å². The van der Waals surface area contributed by atoms with Crippen LogP contribution in [0.5, 0.6) is 0 Å². The molecule has 0 saturated carbocycles. The summed E-state index contributed by atoms with van der Waals surface area (Å²) in [6.07, 6.45) is 0. The van der Waals surface area contributed by atoms with Crippen LogP contribution >= 0.6 is 34.8 Å². The highest BCUT2D eigenvalue weighted by Gasteiger charge is 2.01. The maximum absolute atomic E-state index is 6.11. The summed E-state index contributed by atoms with van der Waals surface area (Å²) in [6.45, 7) is 1.51. The van der Waals surface area contributed by atoms with Crippen molar-refractivity contribution < 1.29 is 0 Å². The standard InChI is InChI=1S/C15H14Cl3N/c16-8-11-1-3-12(4-2-11)9-19-10-13-5-6-14(17)7-15(13)18/h1-7,19H,8-10H2. The summed E-state index contributed by atoms with van der Waals surface area (Å²) in [5.41, 5.74) is 3.40. The zero-order valence-electron chi connectivity index (χ0n) is 10.3.